The van der Waals surface area contributed by atoms with E-state index in [1.807, 2.05) is 0 Å². The second kappa shape index (κ2) is 9.76. The monoisotopic (exact) mass is 426 g/mol. The smallest absolute Gasteiger partial charge is 0.257 e. The van der Waals surface area contributed by atoms with Crippen molar-refractivity contribution in [3.8, 4) is 5.75 Å². The molecule has 0 saturated carbocycles. The summed E-state index contributed by atoms with van der Waals surface area (Å²) in [6.07, 6.45) is 9.62. The minimum absolute atomic E-state index is 0.150. The van der Waals surface area contributed by atoms with E-state index in [-0.39, 0.29) is 22.4 Å². The van der Waals surface area contributed by atoms with Gasteiger partial charge < -0.3 is 10.1 Å². The van der Waals surface area contributed by atoms with Gasteiger partial charge in [-0.05, 0) is 63.1 Å². The van der Waals surface area contributed by atoms with Crippen LogP contribution in [0, 0.1) is 0 Å². The number of hydrogen-bond donors (Lipinski definition) is 1. The number of rotatable bonds is 8. The van der Waals surface area contributed by atoms with Crippen molar-refractivity contribution in [1.82, 2.24) is 9.62 Å². The predicted molar refractivity (Wildman–Crippen MR) is 109 cm³/mol. The summed E-state index contributed by atoms with van der Waals surface area (Å²) in [5.41, 5.74) is 1.41. The summed E-state index contributed by atoms with van der Waals surface area (Å²) >= 11 is 6.18. The third-order valence-electron chi connectivity index (χ3n) is 5.12. The van der Waals surface area contributed by atoms with Crippen molar-refractivity contribution in [1.29, 1.82) is 0 Å². The van der Waals surface area contributed by atoms with E-state index in [1.165, 1.54) is 40.9 Å². The molecule has 0 unspecified atom stereocenters. The van der Waals surface area contributed by atoms with Gasteiger partial charge in [-0.25, -0.2) is 8.42 Å². The second-order valence-electron chi connectivity index (χ2n) is 7.20. The van der Waals surface area contributed by atoms with Crippen LogP contribution < -0.4 is 10.1 Å². The Hall–Kier alpha value is -1.57. The number of carbonyl (C=O) groups is 1. The lowest BCUT2D eigenvalue weighted by atomic mass is 9.97. The number of amides is 1. The lowest BCUT2D eigenvalue weighted by molar-refractivity contribution is -0.123. The zero-order chi connectivity index (χ0) is 20.0. The molecule has 1 N–H and O–H groups in total. The molecular formula is C20H27ClN2O4S. The number of hydrogen-bond acceptors (Lipinski definition) is 4. The van der Waals surface area contributed by atoms with Gasteiger partial charge in [-0.3, -0.25) is 4.79 Å². The van der Waals surface area contributed by atoms with E-state index in [0.717, 1.165) is 32.1 Å². The Balaban J connectivity index is 1.49. The average molecular weight is 427 g/mol. The number of sulfonamides is 1. The molecule has 0 aromatic heterocycles. The molecule has 6 nitrogen and oxygen atoms in total. The molecule has 154 valence electrons. The zero-order valence-electron chi connectivity index (χ0n) is 16.0. The third-order valence-corrected chi connectivity index (χ3v) is 7.31. The number of ether oxygens (including phenoxy) is 1. The molecule has 8 heteroatoms. The lowest BCUT2D eigenvalue weighted by Crippen LogP contribution is -2.30. The van der Waals surface area contributed by atoms with Gasteiger partial charge >= 0.3 is 0 Å². The van der Waals surface area contributed by atoms with Crippen molar-refractivity contribution in [3.63, 3.8) is 0 Å². The number of carbonyl (C=O) groups excluding carboxylic acids is 1. The maximum absolute atomic E-state index is 12.6. The lowest BCUT2D eigenvalue weighted by Gasteiger charge is -2.16. The Morgan fingerprint density at radius 3 is 2.64 bits per heavy atom. The summed E-state index contributed by atoms with van der Waals surface area (Å²) < 4.78 is 32.1. The molecule has 1 amide bonds. The minimum Gasteiger partial charge on any atom is -0.482 e. The van der Waals surface area contributed by atoms with Crippen LogP contribution in [0.4, 0.5) is 0 Å². The number of benzene rings is 1. The topological polar surface area (TPSA) is 75.7 Å². The third kappa shape index (κ3) is 5.49. The first-order chi connectivity index (χ1) is 13.5. The maximum Gasteiger partial charge on any atom is 0.257 e. The zero-order valence-corrected chi connectivity index (χ0v) is 17.5. The second-order valence-corrected chi connectivity index (χ2v) is 9.55. The first kappa shape index (κ1) is 21.1. The molecule has 0 radical (unpaired) electrons. The van der Waals surface area contributed by atoms with Gasteiger partial charge in [-0.2, -0.15) is 4.31 Å². The highest BCUT2D eigenvalue weighted by atomic mass is 35.5. The highest BCUT2D eigenvalue weighted by Crippen LogP contribution is 2.29. The van der Waals surface area contributed by atoms with Crippen LogP contribution in [-0.2, 0) is 14.8 Å². The standard InChI is InChI=1S/C20H27ClN2O4S/c21-18-14-17(28(25,26)23-12-4-5-13-23)8-9-19(18)27-15-20(24)22-11-10-16-6-2-1-3-7-16/h6,8-9,14H,1-5,7,10-13,15H2,(H,22,24). The van der Waals surface area contributed by atoms with Crippen molar-refractivity contribution in [2.24, 2.45) is 0 Å². The summed E-state index contributed by atoms with van der Waals surface area (Å²) in [6, 6.07) is 4.37. The molecule has 1 fully saturated rings. The molecule has 0 bridgehead atoms. The van der Waals surface area contributed by atoms with Gasteiger partial charge in [0.1, 0.15) is 5.75 Å². The molecule has 2 aliphatic rings. The van der Waals surface area contributed by atoms with Gasteiger partial charge in [0.05, 0.1) is 9.92 Å². The molecular weight excluding hydrogens is 400 g/mol. The normalized spacial score (nSPS) is 18.0. The average Bonchev–Trinajstić information content (AvgIpc) is 3.23. The van der Waals surface area contributed by atoms with Crippen LogP contribution in [0.1, 0.15) is 44.9 Å². The van der Waals surface area contributed by atoms with Crippen LogP contribution in [0.15, 0.2) is 34.7 Å². The Morgan fingerprint density at radius 1 is 1.18 bits per heavy atom. The van der Waals surface area contributed by atoms with E-state index in [9.17, 15) is 13.2 Å². The van der Waals surface area contributed by atoms with Crippen molar-refractivity contribution in [3.05, 3.63) is 34.9 Å². The Morgan fingerprint density at radius 2 is 1.96 bits per heavy atom. The SMILES string of the molecule is O=C(COc1ccc(S(=O)(=O)N2CCCC2)cc1Cl)NCCC1=CCCCC1. The Bertz CT molecular complexity index is 833. The maximum atomic E-state index is 12.6. The number of nitrogens with zero attached hydrogens (tertiary/aromatic N) is 1. The van der Waals surface area contributed by atoms with Gasteiger partial charge in [0, 0.05) is 19.6 Å². The van der Waals surface area contributed by atoms with Gasteiger partial charge in [-0.15, -0.1) is 0 Å². The van der Waals surface area contributed by atoms with Gasteiger partial charge in [0.2, 0.25) is 10.0 Å². The highest BCUT2D eigenvalue weighted by molar-refractivity contribution is 7.89. The molecule has 1 aliphatic carbocycles. The number of allylic oxidation sites excluding steroid dienone is 1. The molecule has 0 atom stereocenters. The molecule has 1 aliphatic heterocycles. The minimum atomic E-state index is -3.52. The van der Waals surface area contributed by atoms with Crippen molar-refractivity contribution >= 4 is 27.5 Å². The first-order valence-electron chi connectivity index (χ1n) is 9.84. The molecule has 28 heavy (non-hydrogen) atoms. The van der Waals surface area contributed by atoms with E-state index < -0.39 is 10.0 Å². The fourth-order valence-corrected chi connectivity index (χ4v) is 5.37. The summed E-state index contributed by atoms with van der Waals surface area (Å²) in [4.78, 5) is 12.1. The molecule has 1 aromatic carbocycles. The Labute approximate surface area is 171 Å². The van der Waals surface area contributed by atoms with E-state index in [4.69, 9.17) is 16.3 Å². The first-order valence-corrected chi connectivity index (χ1v) is 11.7. The van der Waals surface area contributed by atoms with Crippen LogP contribution in [-0.4, -0.2) is 44.9 Å². The summed E-state index contributed by atoms with van der Waals surface area (Å²) in [5, 5.41) is 3.02. The van der Waals surface area contributed by atoms with Gasteiger partial charge in [0.25, 0.3) is 5.91 Å². The highest BCUT2D eigenvalue weighted by Gasteiger charge is 2.27. The van der Waals surface area contributed by atoms with E-state index >= 15 is 0 Å². The van der Waals surface area contributed by atoms with E-state index in [1.54, 1.807) is 0 Å². The number of nitrogens with one attached hydrogen (secondary N) is 1. The van der Waals surface area contributed by atoms with E-state index in [2.05, 4.69) is 11.4 Å². The van der Waals surface area contributed by atoms with Gasteiger partial charge in [-0.1, -0.05) is 23.3 Å². The van der Waals surface area contributed by atoms with E-state index in [0.29, 0.717) is 25.4 Å². The van der Waals surface area contributed by atoms with Crippen LogP contribution in [0.25, 0.3) is 0 Å². The molecule has 0 spiro atoms. The van der Waals surface area contributed by atoms with Crippen LogP contribution in [0.5, 0.6) is 5.75 Å². The molecule has 1 saturated heterocycles. The predicted octanol–water partition coefficient (Wildman–Crippen LogP) is 3.51. The van der Waals surface area contributed by atoms with Crippen LogP contribution >= 0.6 is 11.6 Å². The molecule has 3 rings (SSSR count). The molecule has 1 aromatic rings. The molecule has 1 heterocycles. The Kier molecular flexibility index (Phi) is 7.37. The fraction of sp³-hybridized carbons (Fsp3) is 0.550. The van der Waals surface area contributed by atoms with Gasteiger partial charge in [0.15, 0.2) is 6.61 Å². The number of halogens is 1. The van der Waals surface area contributed by atoms with Crippen molar-refractivity contribution in [2.75, 3.05) is 26.2 Å². The van der Waals surface area contributed by atoms with Crippen molar-refractivity contribution in [2.45, 2.75) is 49.8 Å². The summed E-state index contributed by atoms with van der Waals surface area (Å²) in [7, 11) is -3.52. The summed E-state index contributed by atoms with van der Waals surface area (Å²) in [6.45, 7) is 1.51. The largest absolute Gasteiger partial charge is 0.482 e. The quantitative estimate of drug-likeness (QED) is 0.645. The van der Waals surface area contributed by atoms with Crippen LogP contribution in [0.3, 0.4) is 0 Å². The van der Waals surface area contributed by atoms with Crippen LogP contribution in [0.2, 0.25) is 5.02 Å². The van der Waals surface area contributed by atoms with Crippen molar-refractivity contribution < 1.29 is 17.9 Å². The summed E-state index contributed by atoms with van der Waals surface area (Å²) in [5.74, 6) is 0.0772. The fourth-order valence-electron chi connectivity index (χ4n) is 3.53.